The highest BCUT2D eigenvalue weighted by Crippen LogP contribution is 2.27. The van der Waals surface area contributed by atoms with Crippen LogP contribution in [0, 0.1) is 5.92 Å². The standard InChI is InChI=1S/C11H15BrN2O/c1-2-14-7-9(12)5-10(14)11(15)13-6-8-3-4-8/h5,7-8H,2-4,6H2,1H3,(H,13,15). The molecule has 0 bridgehead atoms. The molecule has 2 rings (SSSR count). The molecule has 1 aromatic rings. The van der Waals surface area contributed by atoms with Gasteiger partial charge in [0.2, 0.25) is 0 Å². The van der Waals surface area contributed by atoms with Crippen LogP contribution in [0.1, 0.15) is 30.3 Å². The minimum absolute atomic E-state index is 0.0365. The van der Waals surface area contributed by atoms with Crippen LogP contribution in [0.25, 0.3) is 0 Å². The molecule has 0 saturated heterocycles. The van der Waals surface area contributed by atoms with Gasteiger partial charge in [0.15, 0.2) is 0 Å². The van der Waals surface area contributed by atoms with Crippen molar-refractivity contribution in [1.29, 1.82) is 0 Å². The molecule has 1 aromatic heterocycles. The molecule has 82 valence electrons. The fourth-order valence-corrected chi connectivity index (χ4v) is 2.04. The van der Waals surface area contributed by atoms with Crippen LogP contribution >= 0.6 is 15.9 Å². The molecule has 1 heterocycles. The van der Waals surface area contributed by atoms with Crippen LogP contribution in [0.4, 0.5) is 0 Å². The number of hydrogen-bond acceptors (Lipinski definition) is 1. The quantitative estimate of drug-likeness (QED) is 0.896. The monoisotopic (exact) mass is 270 g/mol. The van der Waals surface area contributed by atoms with Gasteiger partial charge >= 0.3 is 0 Å². The Bertz CT molecular complexity index is 369. The normalized spacial score (nSPS) is 15.3. The van der Waals surface area contributed by atoms with E-state index in [0.717, 1.165) is 29.2 Å². The van der Waals surface area contributed by atoms with Crippen molar-refractivity contribution < 1.29 is 4.79 Å². The topological polar surface area (TPSA) is 34.0 Å². The Kier molecular flexibility index (Phi) is 3.14. The van der Waals surface area contributed by atoms with Gasteiger partial charge in [0.25, 0.3) is 5.91 Å². The van der Waals surface area contributed by atoms with Crippen LogP contribution in [0.15, 0.2) is 16.7 Å². The lowest BCUT2D eigenvalue weighted by molar-refractivity contribution is 0.0942. The third-order valence-electron chi connectivity index (χ3n) is 2.68. The predicted octanol–water partition coefficient (Wildman–Crippen LogP) is 2.41. The largest absolute Gasteiger partial charge is 0.350 e. The summed E-state index contributed by atoms with van der Waals surface area (Å²) in [6.45, 7) is 3.67. The first-order valence-electron chi connectivity index (χ1n) is 5.34. The van der Waals surface area contributed by atoms with E-state index in [0.29, 0.717) is 0 Å². The summed E-state index contributed by atoms with van der Waals surface area (Å²) < 4.78 is 2.91. The fourth-order valence-electron chi connectivity index (χ4n) is 1.58. The number of carbonyl (C=O) groups excluding carboxylic acids is 1. The molecule has 0 aliphatic heterocycles. The van der Waals surface area contributed by atoms with Gasteiger partial charge in [-0.3, -0.25) is 4.79 Å². The molecule has 0 unspecified atom stereocenters. The third-order valence-corrected chi connectivity index (χ3v) is 3.12. The Morgan fingerprint density at radius 1 is 1.67 bits per heavy atom. The summed E-state index contributed by atoms with van der Waals surface area (Å²) >= 11 is 3.38. The van der Waals surface area contributed by atoms with Crippen molar-refractivity contribution in [2.75, 3.05) is 6.54 Å². The maximum atomic E-state index is 11.8. The minimum atomic E-state index is 0.0365. The summed E-state index contributed by atoms with van der Waals surface area (Å²) in [6.07, 6.45) is 4.46. The van der Waals surface area contributed by atoms with Crippen LogP contribution < -0.4 is 5.32 Å². The lowest BCUT2D eigenvalue weighted by Gasteiger charge is -2.06. The van der Waals surface area contributed by atoms with Gasteiger partial charge in [-0.2, -0.15) is 0 Å². The maximum Gasteiger partial charge on any atom is 0.267 e. The first-order chi connectivity index (χ1) is 7.20. The van der Waals surface area contributed by atoms with Gasteiger partial charge in [0.05, 0.1) is 0 Å². The van der Waals surface area contributed by atoms with E-state index < -0.39 is 0 Å². The SMILES string of the molecule is CCn1cc(Br)cc1C(=O)NCC1CC1. The second-order valence-corrected chi connectivity index (χ2v) is 4.90. The molecule has 3 nitrogen and oxygen atoms in total. The van der Waals surface area contributed by atoms with E-state index in [1.165, 1.54) is 12.8 Å². The second-order valence-electron chi connectivity index (χ2n) is 3.98. The van der Waals surface area contributed by atoms with Gasteiger partial charge in [0, 0.05) is 23.8 Å². The molecule has 0 atom stereocenters. The van der Waals surface area contributed by atoms with Crippen molar-refractivity contribution in [3.05, 3.63) is 22.4 Å². The van der Waals surface area contributed by atoms with Crippen molar-refractivity contribution in [3.63, 3.8) is 0 Å². The maximum absolute atomic E-state index is 11.8. The molecule has 1 aliphatic rings. The number of carbonyl (C=O) groups is 1. The second kappa shape index (κ2) is 4.39. The average Bonchev–Trinajstić information content (AvgIpc) is 2.97. The molecule has 0 aromatic carbocycles. The Balaban J connectivity index is 2.02. The van der Waals surface area contributed by atoms with Crippen LogP contribution in [-0.2, 0) is 6.54 Å². The van der Waals surface area contributed by atoms with E-state index in [-0.39, 0.29) is 5.91 Å². The molecule has 1 saturated carbocycles. The molecular weight excluding hydrogens is 256 g/mol. The van der Waals surface area contributed by atoms with Crippen LogP contribution in [0.3, 0.4) is 0 Å². The number of aryl methyl sites for hydroxylation is 1. The number of amides is 1. The average molecular weight is 271 g/mol. The highest BCUT2D eigenvalue weighted by molar-refractivity contribution is 9.10. The molecule has 0 radical (unpaired) electrons. The summed E-state index contributed by atoms with van der Waals surface area (Å²) in [5.41, 5.74) is 0.741. The molecule has 1 aliphatic carbocycles. The zero-order chi connectivity index (χ0) is 10.8. The molecule has 1 amide bonds. The Morgan fingerprint density at radius 3 is 3.00 bits per heavy atom. The van der Waals surface area contributed by atoms with Crippen molar-refractivity contribution in [2.45, 2.75) is 26.3 Å². The van der Waals surface area contributed by atoms with Gasteiger partial charge in [0.1, 0.15) is 5.69 Å². The van der Waals surface area contributed by atoms with Crippen molar-refractivity contribution in [3.8, 4) is 0 Å². The summed E-state index contributed by atoms with van der Waals surface area (Å²) in [5, 5.41) is 2.97. The summed E-state index contributed by atoms with van der Waals surface area (Å²) in [6, 6.07) is 1.87. The lowest BCUT2D eigenvalue weighted by Crippen LogP contribution is -2.27. The summed E-state index contributed by atoms with van der Waals surface area (Å²) in [7, 11) is 0. The number of nitrogens with one attached hydrogen (secondary N) is 1. The molecule has 1 fully saturated rings. The fraction of sp³-hybridized carbons (Fsp3) is 0.545. The van der Waals surface area contributed by atoms with Crippen molar-refractivity contribution in [2.24, 2.45) is 5.92 Å². The first kappa shape index (κ1) is 10.7. The summed E-state index contributed by atoms with van der Waals surface area (Å²) in [5.74, 6) is 0.761. The number of halogens is 1. The number of hydrogen-bond donors (Lipinski definition) is 1. The van der Waals surface area contributed by atoms with Crippen molar-refractivity contribution >= 4 is 21.8 Å². The molecular formula is C11H15BrN2O. The number of aromatic nitrogens is 1. The summed E-state index contributed by atoms with van der Waals surface area (Å²) in [4.78, 5) is 11.8. The van der Waals surface area contributed by atoms with E-state index in [4.69, 9.17) is 0 Å². The van der Waals surface area contributed by atoms with Gasteiger partial charge in [-0.1, -0.05) is 0 Å². The van der Waals surface area contributed by atoms with E-state index in [2.05, 4.69) is 21.2 Å². The van der Waals surface area contributed by atoms with Crippen LogP contribution in [0.5, 0.6) is 0 Å². The van der Waals surface area contributed by atoms with E-state index in [9.17, 15) is 4.79 Å². The zero-order valence-electron chi connectivity index (χ0n) is 8.79. The Labute approximate surface area is 98.0 Å². The highest BCUT2D eigenvalue weighted by Gasteiger charge is 2.22. The van der Waals surface area contributed by atoms with Gasteiger partial charge in [-0.15, -0.1) is 0 Å². The van der Waals surface area contributed by atoms with Crippen LogP contribution in [0.2, 0.25) is 0 Å². The molecule has 4 heteroatoms. The molecule has 15 heavy (non-hydrogen) atoms. The van der Waals surface area contributed by atoms with E-state index in [1.807, 2.05) is 23.8 Å². The van der Waals surface area contributed by atoms with Crippen molar-refractivity contribution in [1.82, 2.24) is 9.88 Å². The zero-order valence-corrected chi connectivity index (χ0v) is 10.4. The van der Waals surface area contributed by atoms with Gasteiger partial charge < -0.3 is 9.88 Å². The predicted molar refractivity (Wildman–Crippen MR) is 62.9 cm³/mol. The van der Waals surface area contributed by atoms with Gasteiger partial charge in [-0.25, -0.2) is 0 Å². The lowest BCUT2D eigenvalue weighted by atomic mass is 10.3. The Morgan fingerprint density at radius 2 is 2.40 bits per heavy atom. The number of nitrogens with zero attached hydrogens (tertiary/aromatic N) is 1. The van der Waals surface area contributed by atoms with E-state index >= 15 is 0 Å². The molecule has 1 N–H and O–H groups in total. The minimum Gasteiger partial charge on any atom is -0.350 e. The Hall–Kier alpha value is -0.770. The van der Waals surface area contributed by atoms with Gasteiger partial charge in [-0.05, 0) is 47.7 Å². The van der Waals surface area contributed by atoms with E-state index in [1.54, 1.807) is 0 Å². The smallest absolute Gasteiger partial charge is 0.267 e. The third kappa shape index (κ3) is 2.62. The molecule has 0 spiro atoms. The van der Waals surface area contributed by atoms with Crippen LogP contribution in [-0.4, -0.2) is 17.0 Å². The number of rotatable bonds is 4. The first-order valence-corrected chi connectivity index (χ1v) is 6.14. The highest BCUT2D eigenvalue weighted by atomic mass is 79.9.